The van der Waals surface area contributed by atoms with E-state index < -0.39 is 10.0 Å². The molecule has 3 aromatic rings. The fraction of sp³-hybridized carbons (Fsp3) is 0.346. The maximum absolute atomic E-state index is 13.2. The summed E-state index contributed by atoms with van der Waals surface area (Å²) in [6.45, 7) is 3.62. The highest BCUT2D eigenvalue weighted by atomic mass is 32.2. The van der Waals surface area contributed by atoms with Crippen LogP contribution in [-0.2, 0) is 23.0 Å². The molecule has 2 atom stereocenters. The number of aryl methyl sites for hydroxylation is 1. The Morgan fingerprint density at radius 2 is 1.61 bits per heavy atom. The summed E-state index contributed by atoms with van der Waals surface area (Å²) in [5.41, 5.74) is 2.25. The first-order valence-electron chi connectivity index (χ1n) is 11.6. The van der Waals surface area contributed by atoms with E-state index in [0.717, 1.165) is 44.6 Å². The summed E-state index contributed by atoms with van der Waals surface area (Å²) in [6.07, 6.45) is 3.29. The van der Waals surface area contributed by atoms with Crippen molar-refractivity contribution >= 4 is 15.7 Å². The van der Waals surface area contributed by atoms with Crippen LogP contribution in [0.5, 0.6) is 0 Å². The van der Waals surface area contributed by atoms with Gasteiger partial charge in [0.25, 0.3) is 15.6 Å². The minimum Gasteiger partial charge on any atom is -0.310 e. The third-order valence-corrected chi connectivity index (χ3v) is 8.14. The molecule has 0 saturated carbocycles. The maximum atomic E-state index is 13.2. The fourth-order valence-electron chi connectivity index (χ4n) is 5.26. The third kappa shape index (κ3) is 4.75. The van der Waals surface area contributed by atoms with Crippen LogP contribution >= 0.6 is 0 Å². The van der Waals surface area contributed by atoms with Gasteiger partial charge in [-0.25, -0.2) is 8.42 Å². The van der Waals surface area contributed by atoms with Gasteiger partial charge in [0.2, 0.25) is 0 Å². The van der Waals surface area contributed by atoms with Crippen molar-refractivity contribution in [3.05, 3.63) is 94.4 Å². The Morgan fingerprint density at radius 3 is 2.36 bits per heavy atom. The molecule has 1 N–H and O–H groups in total. The lowest BCUT2D eigenvalue weighted by molar-refractivity contribution is 0.119. The van der Waals surface area contributed by atoms with Crippen LogP contribution in [-0.4, -0.2) is 37.5 Å². The second kappa shape index (κ2) is 9.15. The summed E-state index contributed by atoms with van der Waals surface area (Å²) in [5.74, 6) is 0.716. The average Bonchev–Trinajstić information content (AvgIpc) is 2.82. The van der Waals surface area contributed by atoms with Crippen molar-refractivity contribution in [2.75, 3.05) is 24.4 Å². The number of rotatable bonds is 7. The van der Waals surface area contributed by atoms with Crippen molar-refractivity contribution in [3.63, 3.8) is 0 Å². The lowest BCUT2D eigenvalue weighted by atomic mass is 9.83. The Morgan fingerprint density at radius 1 is 0.879 bits per heavy atom. The number of anilines is 1. The maximum Gasteiger partial charge on any atom is 0.275 e. The molecule has 1 fully saturated rings. The van der Waals surface area contributed by atoms with Gasteiger partial charge in [0.05, 0.1) is 4.90 Å². The summed E-state index contributed by atoms with van der Waals surface area (Å²) >= 11 is 0. The highest BCUT2D eigenvalue weighted by Gasteiger charge is 2.35. The zero-order valence-electron chi connectivity index (χ0n) is 18.6. The van der Waals surface area contributed by atoms with E-state index in [2.05, 4.69) is 33.9 Å². The largest absolute Gasteiger partial charge is 0.310 e. The number of hydrogen-bond donors (Lipinski definition) is 1. The molecule has 0 unspecified atom stereocenters. The van der Waals surface area contributed by atoms with Gasteiger partial charge in [0.1, 0.15) is 5.69 Å². The minimum absolute atomic E-state index is 0.113. The number of hydrogen-bond acceptors (Lipinski definition) is 4. The second-order valence-electron chi connectivity index (χ2n) is 9.15. The van der Waals surface area contributed by atoms with Gasteiger partial charge < -0.3 is 9.47 Å². The molecule has 0 radical (unpaired) electrons. The molecular formula is C26H29N3O3S. The van der Waals surface area contributed by atoms with E-state index in [4.69, 9.17) is 0 Å². The van der Waals surface area contributed by atoms with E-state index in [9.17, 15) is 13.2 Å². The molecular weight excluding hydrogens is 434 g/mol. The third-order valence-electron chi connectivity index (χ3n) is 6.76. The summed E-state index contributed by atoms with van der Waals surface area (Å²) in [7, 11) is -3.79. The van der Waals surface area contributed by atoms with Crippen molar-refractivity contribution < 1.29 is 8.42 Å². The van der Waals surface area contributed by atoms with Gasteiger partial charge in [0.15, 0.2) is 0 Å². The number of nitrogens with zero attached hydrogens (tertiary/aromatic N) is 2. The van der Waals surface area contributed by atoms with Crippen LogP contribution < -0.4 is 10.3 Å². The topological polar surface area (TPSA) is 71.4 Å². The van der Waals surface area contributed by atoms with Crippen LogP contribution in [0.3, 0.4) is 0 Å². The number of piperidine rings is 1. The standard InChI is InChI=1S/C26H29N3O3S/c30-26-24(27-33(31,32)23-11-5-2-6-12-23)13-14-25-22-16-21(18-29(25)26)17-28(19-22)15-7-10-20-8-3-1-4-9-20/h1-6,8-9,11-14,21-22,27H,7,10,15-19H2/t21-,22+/m0/s1. The molecule has 7 heteroatoms. The Hall–Kier alpha value is -2.90. The van der Waals surface area contributed by atoms with Gasteiger partial charge >= 0.3 is 0 Å². The summed E-state index contributed by atoms with van der Waals surface area (Å²) < 4.78 is 29.7. The number of pyridine rings is 1. The van der Waals surface area contributed by atoms with E-state index in [1.54, 1.807) is 28.8 Å². The Bertz CT molecular complexity index is 1270. The molecule has 0 aliphatic carbocycles. The Balaban J connectivity index is 1.29. The quantitative estimate of drug-likeness (QED) is 0.580. The number of nitrogens with one attached hydrogen (secondary N) is 1. The SMILES string of the molecule is O=c1c(NS(=O)(=O)c2ccccc2)ccc2n1C[C@H]1C[C@@H]2CN(CCCc2ccccc2)C1. The van der Waals surface area contributed by atoms with E-state index in [1.165, 1.54) is 17.7 Å². The molecule has 6 nitrogen and oxygen atoms in total. The van der Waals surface area contributed by atoms with Crippen molar-refractivity contribution in [1.82, 2.24) is 9.47 Å². The molecule has 2 aliphatic heterocycles. The first kappa shape index (κ1) is 21.9. The molecule has 33 heavy (non-hydrogen) atoms. The summed E-state index contributed by atoms with van der Waals surface area (Å²) in [5, 5.41) is 0. The van der Waals surface area contributed by atoms with Crippen LogP contribution in [0.4, 0.5) is 5.69 Å². The van der Waals surface area contributed by atoms with E-state index in [0.29, 0.717) is 18.4 Å². The Kier molecular flexibility index (Phi) is 6.08. The predicted octanol–water partition coefficient (Wildman–Crippen LogP) is 3.70. The van der Waals surface area contributed by atoms with Gasteiger partial charge in [0, 0.05) is 31.2 Å². The minimum atomic E-state index is -3.79. The normalized spacial score (nSPS) is 20.2. The van der Waals surface area contributed by atoms with E-state index in [1.807, 2.05) is 12.1 Å². The number of likely N-dealkylation sites (tertiary alicyclic amines) is 1. The molecule has 2 aromatic carbocycles. The van der Waals surface area contributed by atoms with Crippen LogP contribution in [0, 0.1) is 5.92 Å². The van der Waals surface area contributed by atoms with Crippen LogP contribution in [0.15, 0.2) is 82.5 Å². The lowest BCUT2D eigenvalue weighted by Gasteiger charge is -2.43. The molecule has 0 amide bonds. The molecule has 5 rings (SSSR count). The van der Waals surface area contributed by atoms with Crippen LogP contribution in [0.1, 0.15) is 30.0 Å². The van der Waals surface area contributed by atoms with Crippen LogP contribution in [0.2, 0.25) is 0 Å². The number of aromatic nitrogens is 1. The zero-order chi connectivity index (χ0) is 22.8. The van der Waals surface area contributed by atoms with Gasteiger partial charge in [-0.3, -0.25) is 9.52 Å². The van der Waals surface area contributed by atoms with Gasteiger partial charge in [-0.05, 0) is 61.6 Å². The highest BCUT2D eigenvalue weighted by Crippen LogP contribution is 2.35. The van der Waals surface area contributed by atoms with Crippen molar-refractivity contribution in [2.24, 2.45) is 5.92 Å². The smallest absolute Gasteiger partial charge is 0.275 e. The number of fused-ring (bicyclic) bond motifs is 4. The first-order valence-corrected chi connectivity index (χ1v) is 13.1. The molecule has 1 saturated heterocycles. The van der Waals surface area contributed by atoms with Crippen molar-refractivity contribution in [2.45, 2.75) is 36.6 Å². The summed E-state index contributed by atoms with van der Waals surface area (Å²) in [4.78, 5) is 15.9. The van der Waals surface area contributed by atoms with Gasteiger partial charge in [-0.2, -0.15) is 0 Å². The number of sulfonamides is 1. The highest BCUT2D eigenvalue weighted by molar-refractivity contribution is 7.92. The molecule has 172 valence electrons. The van der Waals surface area contributed by atoms with Crippen molar-refractivity contribution in [3.8, 4) is 0 Å². The molecule has 0 spiro atoms. The fourth-order valence-corrected chi connectivity index (χ4v) is 6.34. The molecule has 3 heterocycles. The predicted molar refractivity (Wildman–Crippen MR) is 130 cm³/mol. The summed E-state index contributed by atoms with van der Waals surface area (Å²) in [6, 6.07) is 22.3. The molecule has 1 aromatic heterocycles. The first-order chi connectivity index (χ1) is 16.0. The second-order valence-corrected chi connectivity index (χ2v) is 10.8. The van der Waals surface area contributed by atoms with Gasteiger partial charge in [-0.1, -0.05) is 48.5 Å². The van der Waals surface area contributed by atoms with Gasteiger partial charge in [-0.15, -0.1) is 0 Å². The lowest BCUT2D eigenvalue weighted by Crippen LogP contribution is -2.47. The average molecular weight is 464 g/mol. The zero-order valence-corrected chi connectivity index (χ0v) is 19.4. The monoisotopic (exact) mass is 463 g/mol. The molecule has 2 bridgehead atoms. The van der Waals surface area contributed by atoms with E-state index >= 15 is 0 Å². The number of benzene rings is 2. The van der Waals surface area contributed by atoms with Crippen LogP contribution in [0.25, 0.3) is 0 Å². The van der Waals surface area contributed by atoms with E-state index in [-0.39, 0.29) is 16.1 Å². The molecule has 2 aliphatic rings. The van der Waals surface area contributed by atoms with Crippen molar-refractivity contribution in [1.29, 1.82) is 0 Å². The Labute approximate surface area is 194 Å².